The Bertz CT molecular complexity index is 520. The lowest BCUT2D eigenvalue weighted by Crippen LogP contribution is -2.34. The van der Waals surface area contributed by atoms with Crippen LogP contribution in [0.4, 0.5) is 15.8 Å². The van der Waals surface area contributed by atoms with Crippen molar-refractivity contribution in [1.29, 1.82) is 0 Å². The number of carbonyl (C=O) groups excluding carboxylic acids is 1. The summed E-state index contributed by atoms with van der Waals surface area (Å²) in [6.45, 7) is 1.88. The first kappa shape index (κ1) is 13.4. The molecule has 2 atom stereocenters. The SMILES string of the molecule is Nc1ccc(F)c(NC(=O)CCN2CC3CCC2C3)c1. The molecule has 1 aromatic carbocycles. The van der Waals surface area contributed by atoms with Gasteiger partial charge in [0.1, 0.15) is 5.82 Å². The molecule has 3 rings (SSSR count). The van der Waals surface area contributed by atoms with Gasteiger partial charge in [-0.05, 0) is 43.4 Å². The van der Waals surface area contributed by atoms with Gasteiger partial charge in [-0.15, -0.1) is 0 Å². The molecular formula is C15H20FN3O. The number of likely N-dealkylation sites (tertiary alicyclic amines) is 1. The average molecular weight is 277 g/mol. The summed E-state index contributed by atoms with van der Waals surface area (Å²) in [7, 11) is 0. The molecule has 1 aliphatic heterocycles. The largest absolute Gasteiger partial charge is 0.399 e. The Kier molecular flexibility index (Phi) is 3.61. The van der Waals surface area contributed by atoms with Crippen LogP contribution in [0.25, 0.3) is 0 Å². The second kappa shape index (κ2) is 5.40. The summed E-state index contributed by atoms with van der Waals surface area (Å²) in [5.41, 5.74) is 6.20. The molecule has 2 aliphatic rings. The van der Waals surface area contributed by atoms with Gasteiger partial charge in [0, 0.05) is 31.2 Å². The number of halogens is 1. The van der Waals surface area contributed by atoms with Crippen LogP contribution in [0.3, 0.4) is 0 Å². The van der Waals surface area contributed by atoms with Gasteiger partial charge in [-0.1, -0.05) is 0 Å². The summed E-state index contributed by atoms with van der Waals surface area (Å²) in [5.74, 6) is 0.222. The number of nitrogens with one attached hydrogen (secondary N) is 1. The van der Waals surface area contributed by atoms with Crippen molar-refractivity contribution in [1.82, 2.24) is 4.90 Å². The minimum atomic E-state index is -0.451. The van der Waals surface area contributed by atoms with Crippen LogP contribution in [0.5, 0.6) is 0 Å². The van der Waals surface area contributed by atoms with Crippen LogP contribution >= 0.6 is 0 Å². The number of hydrogen-bond acceptors (Lipinski definition) is 3. The Morgan fingerprint density at radius 2 is 2.30 bits per heavy atom. The third-order valence-corrected chi connectivity index (χ3v) is 4.41. The molecule has 20 heavy (non-hydrogen) atoms. The highest BCUT2D eigenvalue weighted by atomic mass is 19.1. The van der Waals surface area contributed by atoms with Gasteiger partial charge in [-0.3, -0.25) is 9.69 Å². The number of nitrogen functional groups attached to an aromatic ring is 1. The monoisotopic (exact) mass is 277 g/mol. The van der Waals surface area contributed by atoms with Crippen LogP contribution in [-0.2, 0) is 4.79 Å². The smallest absolute Gasteiger partial charge is 0.225 e. The van der Waals surface area contributed by atoms with Crippen molar-refractivity contribution in [2.24, 2.45) is 5.92 Å². The van der Waals surface area contributed by atoms with Crippen molar-refractivity contribution < 1.29 is 9.18 Å². The van der Waals surface area contributed by atoms with Gasteiger partial charge in [-0.2, -0.15) is 0 Å². The zero-order valence-electron chi connectivity index (χ0n) is 11.4. The lowest BCUT2D eigenvalue weighted by atomic mass is 10.1. The Morgan fingerprint density at radius 1 is 1.45 bits per heavy atom. The number of fused-ring (bicyclic) bond motifs is 2. The van der Waals surface area contributed by atoms with Crippen molar-refractivity contribution in [3.05, 3.63) is 24.0 Å². The van der Waals surface area contributed by atoms with Crippen LogP contribution in [-0.4, -0.2) is 29.9 Å². The Balaban J connectivity index is 1.51. The number of piperidine rings is 1. The molecule has 1 heterocycles. The maximum Gasteiger partial charge on any atom is 0.225 e. The lowest BCUT2D eigenvalue weighted by molar-refractivity contribution is -0.116. The molecule has 1 saturated carbocycles. The van der Waals surface area contributed by atoms with Crippen LogP contribution in [0.15, 0.2) is 18.2 Å². The zero-order valence-corrected chi connectivity index (χ0v) is 11.4. The number of hydrogen-bond donors (Lipinski definition) is 2. The highest BCUT2D eigenvalue weighted by Gasteiger charge is 2.37. The summed E-state index contributed by atoms with van der Waals surface area (Å²) >= 11 is 0. The molecule has 5 heteroatoms. The van der Waals surface area contributed by atoms with Crippen molar-refractivity contribution in [3.63, 3.8) is 0 Å². The molecule has 0 aromatic heterocycles. The Hall–Kier alpha value is -1.62. The predicted molar refractivity (Wildman–Crippen MR) is 76.8 cm³/mol. The number of carbonyl (C=O) groups is 1. The summed E-state index contributed by atoms with van der Waals surface area (Å²) in [5, 5.41) is 2.60. The van der Waals surface area contributed by atoms with E-state index >= 15 is 0 Å². The van der Waals surface area contributed by atoms with E-state index in [4.69, 9.17) is 5.73 Å². The molecule has 0 radical (unpaired) electrons. The number of nitrogens with zero attached hydrogens (tertiary/aromatic N) is 1. The summed E-state index contributed by atoms with van der Waals surface area (Å²) in [6.07, 6.45) is 4.28. The number of amides is 1. The third-order valence-electron chi connectivity index (χ3n) is 4.41. The predicted octanol–water partition coefficient (Wildman–Crippen LogP) is 2.22. The maximum atomic E-state index is 13.5. The van der Waals surface area contributed by atoms with Gasteiger partial charge in [-0.25, -0.2) is 4.39 Å². The molecule has 108 valence electrons. The highest BCUT2D eigenvalue weighted by molar-refractivity contribution is 5.91. The molecule has 0 spiro atoms. The summed E-state index contributed by atoms with van der Waals surface area (Å²) in [4.78, 5) is 14.3. The van der Waals surface area contributed by atoms with E-state index < -0.39 is 5.82 Å². The minimum absolute atomic E-state index is 0.155. The van der Waals surface area contributed by atoms with Gasteiger partial charge in [0.25, 0.3) is 0 Å². The number of rotatable bonds is 4. The topological polar surface area (TPSA) is 58.4 Å². The Morgan fingerprint density at radius 3 is 3.00 bits per heavy atom. The van der Waals surface area contributed by atoms with Crippen molar-refractivity contribution in [2.75, 3.05) is 24.1 Å². The second-order valence-electron chi connectivity index (χ2n) is 5.87. The first-order valence-corrected chi connectivity index (χ1v) is 7.21. The molecule has 3 N–H and O–H groups in total. The van der Waals surface area contributed by atoms with Crippen LogP contribution < -0.4 is 11.1 Å². The first-order chi connectivity index (χ1) is 9.61. The number of nitrogens with two attached hydrogens (primary N) is 1. The number of benzene rings is 1. The van der Waals surface area contributed by atoms with E-state index in [-0.39, 0.29) is 11.6 Å². The minimum Gasteiger partial charge on any atom is -0.399 e. The van der Waals surface area contributed by atoms with Gasteiger partial charge in [0.15, 0.2) is 0 Å². The lowest BCUT2D eigenvalue weighted by Gasteiger charge is -2.26. The molecule has 1 aromatic rings. The van der Waals surface area contributed by atoms with E-state index in [0.717, 1.165) is 19.0 Å². The normalized spacial score (nSPS) is 25.1. The second-order valence-corrected chi connectivity index (χ2v) is 5.87. The van der Waals surface area contributed by atoms with Crippen molar-refractivity contribution in [2.45, 2.75) is 31.7 Å². The molecular weight excluding hydrogens is 257 g/mol. The van der Waals surface area contributed by atoms with E-state index in [2.05, 4.69) is 10.2 Å². The third kappa shape index (κ3) is 2.77. The fraction of sp³-hybridized carbons (Fsp3) is 0.533. The van der Waals surface area contributed by atoms with Crippen molar-refractivity contribution in [3.8, 4) is 0 Å². The highest BCUT2D eigenvalue weighted by Crippen LogP contribution is 2.37. The molecule has 2 fully saturated rings. The van der Waals surface area contributed by atoms with Gasteiger partial charge in [0.2, 0.25) is 5.91 Å². The van der Waals surface area contributed by atoms with E-state index in [0.29, 0.717) is 18.2 Å². The van der Waals surface area contributed by atoms with Gasteiger partial charge in [0.05, 0.1) is 5.69 Å². The van der Waals surface area contributed by atoms with E-state index in [9.17, 15) is 9.18 Å². The average Bonchev–Trinajstić information content (AvgIpc) is 3.03. The van der Waals surface area contributed by atoms with Crippen molar-refractivity contribution >= 4 is 17.3 Å². The van der Waals surface area contributed by atoms with E-state index in [1.165, 1.54) is 37.5 Å². The molecule has 1 amide bonds. The summed E-state index contributed by atoms with van der Waals surface area (Å²) < 4.78 is 13.5. The van der Waals surface area contributed by atoms with Crippen LogP contribution in [0.1, 0.15) is 25.7 Å². The molecule has 2 unspecified atom stereocenters. The molecule has 1 saturated heterocycles. The number of anilines is 2. The van der Waals surface area contributed by atoms with E-state index in [1.807, 2.05) is 0 Å². The van der Waals surface area contributed by atoms with Crippen LogP contribution in [0, 0.1) is 11.7 Å². The van der Waals surface area contributed by atoms with Gasteiger partial charge < -0.3 is 11.1 Å². The van der Waals surface area contributed by atoms with Gasteiger partial charge >= 0.3 is 0 Å². The molecule has 2 bridgehead atoms. The Labute approximate surface area is 118 Å². The molecule has 4 nitrogen and oxygen atoms in total. The maximum absolute atomic E-state index is 13.5. The van der Waals surface area contributed by atoms with E-state index in [1.54, 1.807) is 0 Å². The standard InChI is InChI=1S/C15H20FN3O/c16-13-4-2-11(17)8-14(13)18-15(20)5-6-19-9-10-1-3-12(19)7-10/h2,4,8,10,12H,1,3,5-7,9,17H2,(H,18,20). The zero-order chi connectivity index (χ0) is 14.1. The quantitative estimate of drug-likeness (QED) is 0.830. The first-order valence-electron chi connectivity index (χ1n) is 7.21. The van der Waals surface area contributed by atoms with Crippen LogP contribution in [0.2, 0.25) is 0 Å². The summed E-state index contributed by atoms with van der Waals surface area (Å²) in [6, 6.07) is 4.86. The molecule has 1 aliphatic carbocycles. The fourth-order valence-corrected chi connectivity index (χ4v) is 3.40. The fourth-order valence-electron chi connectivity index (χ4n) is 3.40.